The third kappa shape index (κ3) is 9.08. The van der Waals surface area contributed by atoms with Crippen LogP contribution in [0.5, 0.6) is 0 Å². The Kier molecular flexibility index (Phi) is 12.2. The van der Waals surface area contributed by atoms with E-state index in [1.54, 1.807) is 0 Å². The van der Waals surface area contributed by atoms with Gasteiger partial charge in [0.1, 0.15) is 0 Å². The Bertz CT molecular complexity index is 286. The molecule has 0 aliphatic carbocycles. The molecule has 1 aliphatic heterocycles. The SMILES string of the molecule is C#CCNC(=NCCOCC1CCCO1)NCC.I. The molecule has 0 radical (unpaired) electrons. The zero-order chi connectivity index (χ0) is 13.1. The lowest BCUT2D eigenvalue weighted by Gasteiger charge is -2.10. The molecule has 0 aromatic carbocycles. The molecule has 0 saturated carbocycles. The molecule has 6 heteroatoms. The van der Waals surface area contributed by atoms with Crippen LogP contribution in [0.25, 0.3) is 0 Å². The maximum Gasteiger partial charge on any atom is 0.192 e. The van der Waals surface area contributed by atoms with E-state index in [9.17, 15) is 0 Å². The van der Waals surface area contributed by atoms with E-state index in [0.29, 0.717) is 26.3 Å². The number of ether oxygens (including phenoxy) is 2. The summed E-state index contributed by atoms with van der Waals surface area (Å²) in [5.74, 6) is 3.25. The minimum absolute atomic E-state index is 0. The minimum Gasteiger partial charge on any atom is -0.377 e. The topological polar surface area (TPSA) is 54.9 Å². The fourth-order valence-electron chi connectivity index (χ4n) is 1.69. The molecule has 1 aliphatic rings. The summed E-state index contributed by atoms with van der Waals surface area (Å²) in [7, 11) is 0. The van der Waals surface area contributed by atoms with Crippen molar-refractivity contribution in [2.45, 2.75) is 25.9 Å². The van der Waals surface area contributed by atoms with Crippen LogP contribution in [0, 0.1) is 12.3 Å². The van der Waals surface area contributed by atoms with Gasteiger partial charge in [-0.15, -0.1) is 30.4 Å². The molecular weight excluding hydrogens is 357 g/mol. The number of hydrogen-bond donors (Lipinski definition) is 2. The average molecular weight is 381 g/mol. The molecule has 1 unspecified atom stereocenters. The highest BCUT2D eigenvalue weighted by molar-refractivity contribution is 14.0. The van der Waals surface area contributed by atoms with Crippen molar-refractivity contribution >= 4 is 29.9 Å². The van der Waals surface area contributed by atoms with Gasteiger partial charge in [-0.05, 0) is 19.8 Å². The lowest BCUT2D eigenvalue weighted by atomic mass is 10.2. The fourth-order valence-corrected chi connectivity index (χ4v) is 1.69. The van der Waals surface area contributed by atoms with Crippen molar-refractivity contribution in [1.82, 2.24) is 10.6 Å². The van der Waals surface area contributed by atoms with Gasteiger partial charge in [-0.3, -0.25) is 4.99 Å². The molecule has 1 rings (SSSR count). The number of hydrogen-bond acceptors (Lipinski definition) is 3. The maximum atomic E-state index is 5.52. The van der Waals surface area contributed by atoms with Crippen LogP contribution in [0.3, 0.4) is 0 Å². The van der Waals surface area contributed by atoms with Gasteiger partial charge in [0, 0.05) is 13.2 Å². The smallest absolute Gasteiger partial charge is 0.192 e. The van der Waals surface area contributed by atoms with Gasteiger partial charge in [0.05, 0.1) is 32.4 Å². The van der Waals surface area contributed by atoms with Crippen molar-refractivity contribution in [3.8, 4) is 12.3 Å². The molecule has 0 aromatic heterocycles. The third-order valence-corrected chi connectivity index (χ3v) is 2.54. The van der Waals surface area contributed by atoms with Gasteiger partial charge >= 0.3 is 0 Å². The molecule has 110 valence electrons. The number of terminal acetylenes is 1. The normalized spacial score (nSPS) is 18.5. The first-order chi connectivity index (χ1) is 8.86. The second-order valence-corrected chi connectivity index (χ2v) is 4.03. The molecule has 1 saturated heterocycles. The number of aliphatic imine (C=N–C) groups is 1. The van der Waals surface area contributed by atoms with Crippen LogP contribution in [-0.2, 0) is 9.47 Å². The van der Waals surface area contributed by atoms with Crippen LogP contribution in [0.15, 0.2) is 4.99 Å². The molecular formula is C13H24IN3O2. The van der Waals surface area contributed by atoms with Crippen LogP contribution in [-0.4, -0.2) is 51.5 Å². The molecule has 0 aromatic rings. The van der Waals surface area contributed by atoms with Gasteiger partial charge in [0.15, 0.2) is 5.96 Å². The van der Waals surface area contributed by atoms with Crippen LogP contribution in [0.4, 0.5) is 0 Å². The fraction of sp³-hybridized carbons (Fsp3) is 0.769. The highest BCUT2D eigenvalue weighted by Crippen LogP contribution is 2.11. The van der Waals surface area contributed by atoms with Gasteiger partial charge in [-0.2, -0.15) is 0 Å². The van der Waals surface area contributed by atoms with E-state index in [2.05, 4.69) is 21.5 Å². The third-order valence-electron chi connectivity index (χ3n) is 2.54. The van der Waals surface area contributed by atoms with Crippen molar-refractivity contribution in [1.29, 1.82) is 0 Å². The molecule has 1 heterocycles. The number of rotatable bonds is 7. The summed E-state index contributed by atoms with van der Waals surface area (Å²) in [6.45, 7) is 6.06. The first kappa shape index (κ1) is 18.5. The summed E-state index contributed by atoms with van der Waals surface area (Å²) >= 11 is 0. The lowest BCUT2D eigenvalue weighted by molar-refractivity contribution is 0.0200. The Hall–Kier alpha value is -0.520. The standard InChI is InChI=1S/C13H23N3O2.HI/c1-3-7-15-13(14-4-2)16-8-10-17-11-12-6-5-9-18-12;/h1,12H,4-11H2,2H3,(H2,14,15,16);1H. The van der Waals surface area contributed by atoms with Crippen LogP contribution in [0.2, 0.25) is 0 Å². The first-order valence-electron chi connectivity index (χ1n) is 6.51. The highest BCUT2D eigenvalue weighted by atomic mass is 127. The van der Waals surface area contributed by atoms with Crippen molar-refractivity contribution in [2.24, 2.45) is 4.99 Å². The van der Waals surface area contributed by atoms with Crippen LogP contribution >= 0.6 is 24.0 Å². The van der Waals surface area contributed by atoms with Gasteiger partial charge in [0.2, 0.25) is 0 Å². The van der Waals surface area contributed by atoms with E-state index in [4.69, 9.17) is 15.9 Å². The van der Waals surface area contributed by atoms with Gasteiger partial charge < -0.3 is 20.1 Å². The monoisotopic (exact) mass is 381 g/mol. The molecule has 0 spiro atoms. The van der Waals surface area contributed by atoms with Gasteiger partial charge in [-0.1, -0.05) is 5.92 Å². The molecule has 0 amide bonds. The minimum atomic E-state index is 0. The maximum absolute atomic E-state index is 5.52. The number of halogens is 1. The number of nitrogens with zero attached hydrogens (tertiary/aromatic N) is 1. The predicted molar refractivity (Wildman–Crippen MR) is 88.0 cm³/mol. The largest absolute Gasteiger partial charge is 0.377 e. The van der Waals surface area contributed by atoms with E-state index in [1.165, 1.54) is 0 Å². The second kappa shape index (κ2) is 12.5. The quantitative estimate of drug-likeness (QED) is 0.227. The predicted octanol–water partition coefficient (Wildman–Crippen LogP) is 0.988. The Morgan fingerprint density at radius 1 is 1.53 bits per heavy atom. The summed E-state index contributed by atoms with van der Waals surface area (Å²) in [6.07, 6.45) is 7.72. The lowest BCUT2D eigenvalue weighted by Crippen LogP contribution is -2.37. The first-order valence-corrected chi connectivity index (χ1v) is 6.51. The van der Waals surface area contributed by atoms with Crippen LogP contribution < -0.4 is 10.6 Å². The van der Waals surface area contributed by atoms with E-state index in [0.717, 1.165) is 32.0 Å². The van der Waals surface area contributed by atoms with Crippen molar-refractivity contribution < 1.29 is 9.47 Å². The summed E-state index contributed by atoms with van der Waals surface area (Å²) < 4.78 is 11.0. The van der Waals surface area contributed by atoms with Gasteiger partial charge in [-0.25, -0.2) is 0 Å². The Morgan fingerprint density at radius 2 is 2.37 bits per heavy atom. The molecule has 5 nitrogen and oxygen atoms in total. The number of guanidine groups is 1. The molecule has 2 N–H and O–H groups in total. The Balaban J connectivity index is 0.00000324. The molecule has 0 bridgehead atoms. The average Bonchev–Trinajstić information content (AvgIpc) is 2.88. The van der Waals surface area contributed by atoms with E-state index < -0.39 is 0 Å². The van der Waals surface area contributed by atoms with Crippen LogP contribution in [0.1, 0.15) is 19.8 Å². The Labute approximate surface area is 132 Å². The number of nitrogens with one attached hydrogen (secondary N) is 2. The summed E-state index contributed by atoms with van der Waals surface area (Å²) in [4.78, 5) is 4.35. The second-order valence-electron chi connectivity index (χ2n) is 4.03. The zero-order valence-electron chi connectivity index (χ0n) is 11.5. The highest BCUT2D eigenvalue weighted by Gasteiger charge is 2.14. The summed E-state index contributed by atoms with van der Waals surface area (Å²) in [5.41, 5.74) is 0. The van der Waals surface area contributed by atoms with Crippen molar-refractivity contribution in [2.75, 3.05) is 39.5 Å². The molecule has 1 fully saturated rings. The Morgan fingerprint density at radius 3 is 3.00 bits per heavy atom. The van der Waals surface area contributed by atoms with E-state index in [1.807, 2.05) is 6.92 Å². The summed E-state index contributed by atoms with van der Waals surface area (Å²) in [6, 6.07) is 0. The zero-order valence-corrected chi connectivity index (χ0v) is 13.8. The van der Waals surface area contributed by atoms with E-state index >= 15 is 0 Å². The van der Waals surface area contributed by atoms with E-state index in [-0.39, 0.29) is 30.1 Å². The molecule has 1 atom stereocenters. The molecule has 19 heavy (non-hydrogen) atoms. The summed E-state index contributed by atoms with van der Waals surface area (Å²) in [5, 5.41) is 6.14. The van der Waals surface area contributed by atoms with Gasteiger partial charge in [0.25, 0.3) is 0 Å². The van der Waals surface area contributed by atoms with Crippen molar-refractivity contribution in [3.63, 3.8) is 0 Å². The van der Waals surface area contributed by atoms with Crippen molar-refractivity contribution in [3.05, 3.63) is 0 Å².